The average molecular weight is 395 g/mol. The van der Waals surface area contributed by atoms with Crippen molar-refractivity contribution in [3.05, 3.63) is 23.8 Å². The molecule has 5 nitrogen and oxygen atoms in total. The SMILES string of the molecule is CCCCCCOC(=O)/C=C/[C@]1(CO)C/C(=C\CC(C(C)C)C(C)C)C(=O)O1. The van der Waals surface area contributed by atoms with Gasteiger partial charge in [0.15, 0.2) is 5.60 Å². The second-order valence-electron chi connectivity index (χ2n) is 8.47. The normalized spacial score (nSPS) is 21.5. The molecule has 1 aliphatic rings. The molecule has 1 heterocycles. The Morgan fingerprint density at radius 3 is 2.46 bits per heavy atom. The molecule has 0 spiro atoms. The Morgan fingerprint density at radius 1 is 1.21 bits per heavy atom. The largest absolute Gasteiger partial charge is 0.463 e. The van der Waals surface area contributed by atoms with Crippen molar-refractivity contribution >= 4 is 11.9 Å². The zero-order valence-corrected chi connectivity index (χ0v) is 18.2. The summed E-state index contributed by atoms with van der Waals surface area (Å²) in [6, 6.07) is 0. The summed E-state index contributed by atoms with van der Waals surface area (Å²) in [5, 5.41) is 9.78. The number of ether oxygens (including phenoxy) is 2. The van der Waals surface area contributed by atoms with Gasteiger partial charge < -0.3 is 14.6 Å². The number of esters is 2. The van der Waals surface area contributed by atoms with Gasteiger partial charge in [-0.15, -0.1) is 0 Å². The van der Waals surface area contributed by atoms with Crippen molar-refractivity contribution in [3.8, 4) is 0 Å². The number of aliphatic hydroxyl groups is 1. The Bertz CT molecular complexity index is 553. The summed E-state index contributed by atoms with van der Waals surface area (Å²) in [6.45, 7) is 10.9. The van der Waals surface area contributed by atoms with Gasteiger partial charge in [-0.25, -0.2) is 9.59 Å². The lowest BCUT2D eigenvalue weighted by atomic mass is 9.82. The summed E-state index contributed by atoms with van der Waals surface area (Å²) >= 11 is 0. The second-order valence-corrected chi connectivity index (χ2v) is 8.47. The minimum Gasteiger partial charge on any atom is -0.463 e. The van der Waals surface area contributed by atoms with Gasteiger partial charge in [-0.05, 0) is 36.7 Å². The molecular formula is C23H38O5. The molecule has 1 atom stereocenters. The number of hydrogen-bond acceptors (Lipinski definition) is 5. The van der Waals surface area contributed by atoms with E-state index in [1.54, 1.807) is 0 Å². The van der Waals surface area contributed by atoms with Gasteiger partial charge in [-0.1, -0.05) is 60.0 Å². The third-order valence-electron chi connectivity index (χ3n) is 5.43. The van der Waals surface area contributed by atoms with Crippen molar-refractivity contribution in [1.29, 1.82) is 0 Å². The summed E-state index contributed by atoms with van der Waals surface area (Å²) in [5.41, 5.74) is -0.604. The third kappa shape index (κ3) is 7.78. The molecule has 1 rings (SSSR count). The van der Waals surface area contributed by atoms with Gasteiger partial charge in [0.25, 0.3) is 0 Å². The number of allylic oxidation sites excluding steroid dienone is 1. The molecule has 1 aliphatic heterocycles. The molecule has 0 bridgehead atoms. The van der Waals surface area contributed by atoms with Crippen molar-refractivity contribution in [3.63, 3.8) is 0 Å². The fourth-order valence-corrected chi connectivity index (χ4v) is 3.63. The first-order chi connectivity index (χ1) is 13.2. The van der Waals surface area contributed by atoms with E-state index in [0.717, 1.165) is 32.1 Å². The maximum absolute atomic E-state index is 12.3. The molecule has 0 saturated carbocycles. The van der Waals surface area contributed by atoms with E-state index in [9.17, 15) is 14.7 Å². The summed E-state index contributed by atoms with van der Waals surface area (Å²) in [6.07, 6.45) is 9.85. The van der Waals surface area contributed by atoms with Gasteiger partial charge in [0.1, 0.15) is 0 Å². The molecule has 1 fully saturated rings. The van der Waals surface area contributed by atoms with Crippen LogP contribution in [-0.4, -0.2) is 35.9 Å². The summed E-state index contributed by atoms with van der Waals surface area (Å²) in [5.74, 6) is 0.616. The van der Waals surface area contributed by atoms with Crippen molar-refractivity contribution in [1.82, 2.24) is 0 Å². The highest BCUT2D eigenvalue weighted by Crippen LogP contribution is 2.34. The number of aliphatic hydroxyl groups excluding tert-OH is 1. The zero-order valence-electron chi connectivity index (χ0n) is 18.2. The van der Waals surface area contributed by atoms with Crippen LogP contribution in [0.5, 0.6) is 0 Å². The molecule has 0 aromatic carbocycles. The molecule has 0 aromatic heterocycles. The van der Waals surface area contributed by atoms with Crippen LogP contribution in [0.15, 0.2) is 23.8 Å². The Labute approximate surface area is 170 Å². The first-order valence-corrected chi connectivity index (χ1v) is 10.6. The lowest BCUT2D eigenvalue weighted by molar-refractivity contribution is -0.146. The van der Waals surface area contributed by atoms with E-state index in [-0.39, 0.29) is 13.0 Å². The van der Waals surface area contributed by atoms with Crippen molar-refractivity contribution in [2.45, 2.75) is 78.7 Å². The Balaban J connectivity index is 2.67. The lowest BCUT2D eigenvalue weighted by Crippen LogP contribution is -2.30. The van der Waals surface area contributed by atoms with Gasteiger partial charge in [-0.2, -0.15) is 0 Å². The molecule has 1 N–H and O–H groups in total. The minimum absolute atomic E-state index is 0.269. The van der Waals surface area contributed by atoms with Crippen molar-refractivity contribution in [2.24, 2.45) is 17.8 Å². The fraction of sp³-hybridized carbons (Fsp3) is 0.739. The predicted molar refractivity (Wildman–Crippen MR) is 111 cm³/mol. The highest BCUT2D eigenvalue weighted by Gasteiger charge is 2.41. The number of rotatable bonds is 12. The van der Waals surface area contributed by atoms with E-state index >= 15 is 0 Å². The molecule has 0 unspecified atom stereocenters. The summed E-state index contributed by atoms with van der Waals surface area (Å²) in [7, 11) is 0. The van der Waals surface area contributed by atoms with E-state index in [2.05, 4.69) is 34.6 Å². The maximum atomic E-state index is 12.3. The monoisotopic (exact) mass is 394 g/mol. The van der Waals surface area contributed by atoms with Gasteiger partial charge in [0, 0.05) is 18.1 Å². The number of hydrogen-bond donors (Lipinski definition) is 1. The predicted octanol–water partition coefficient (Wildman–Crippen LogP) is 4.59. The molecule has 0 aromatic rings. The molecule has 0 radical (unpaired) electrons. The second kappa shape index (κ2) is 12.1. The Morgan fingerprint density at radius 2 is 1.89 bits per heavy atom. The fourth-order valence-electron chi connectivity index (χ4n) is 3.63. The van der Waals surface area contributed by atoms with E-state index in [1.165, 1.54) is 12.2 Å². The molecule has 1 saturated heterocycles. The van der Waals surface area contributed by atoms with Crippen LogP contribution in [0, 0.1) is 17.8 Å². The highest BCUT2D eigenvalue weighted by atomic mass is 16.6. The Kier molecular flexibility index (Phi) is 10.5. The third-order valence-corrected chi connectivity index (χ3v) is 5.43. The van der Waals surface area contributed by atoms with Crippen LogP contribution in [0.25, 0.3) is 0 Å². The van der Waals surface area contributed by atoms with Crippen LogP contribution < -0.4 is 0 Å². The van der Waals surface area contributed by atoms with E-state index in [1.807, 2.05) is 6.08 Å². The van der Waals surface area contributed by atoms with Crippen LogP contribution >= 0.6 is 0 Å². The number of carbonyl (C=O) groups is 2. The zero-order chi connectivity index (χ0) is 21.2. The maximum Gasteiger partial charge on any atom is 0.334 e. The van der Waals surface area contributed by atoms with E-state index < -0.39 is 17.5 Å². The van der Waals surface area contributed by atoms with E-state index in [4.69, 9.17) is 9.47 Å². The Hall–Kier alpha value is -1.62. The quantitative estimate of drug-likeness (QED) is 0.298. The molecule has 5 heteroatoms. The number of carbonyl (C=O) groups excluding carboxylic acids is 2. The smallest absolute Gasteiger partial charge is 0.334 e. The van der Waals surface area contributed by atoms with Crippen LogP contribution in [0.2, 0.25) is 0 Å². The molecule has 160 valence electrons. The van der Waals surface area contributed by atoms with Crippen LogP contribution in [0.1, 0.15) is 73.1 Å². The topological polar surface area (TPSA) is 72.8 Å². The van der Waals surface area contributed by atoms with Crippen molar-refractivity contribution in [2.75, 3.05) is 13.2 Å². The van der Waals surface area contributed by atoms with E-state index in [0.29, 0.717) is 29.9 Å². The van der Waals surface area contributed by atoms with Crippen LogP contribution in [-0.2, 0) is 19.1 Å². The lowest BCUT2D eigenvalue weighted by Gasteiger charge is -2.23. The summed E-state index contributed by atoms with van der Waals surface area (Å²) < 4.78 is 10.6. The van der Waals surface area contributed by atoms with Gasteiger partial charge in [0.2, 0.25) is 0 Å². The van der Waals surface area contributed by atoms with Crippen LogP contribution in [0.3, 0.4) is 0 Å². The number of cyclic esters (lactones) is 1. The van der Waals surface area contributed by atoms with Crippen LogP contribution in [0.4, 0.5) is 0 Å². The molecule has 28 heavy (non-hydrogen) atoms. The van der Waals surface area contributed by atoms with Crippen molar-refractivity contribution < 1.29 is 24.2 Å². The van der Waals surface area contributed by atoms with Gasteiger partial charge in [0.05, 0.1) is 13.2 Å². The van der Waals surface area contributed by atoms with Gasteiger partial charge >= 0.3 is 11.9 Å². The summed E-state index contributed by atoms with van der Waals surface area (Å²) in [4.78, 5) is 24.1. The molecular weight excluding hydrogens is 356 g/mol. The highest BCUT2D eigenvalue weighted by molar-refractivity contribution is 5.92. The first kappa shape index (κ1) is 24.4. The minimum atomic E-state index is -1.17. The molecule has 0 aliphatic carbocycles. The first-order valence-electron chi connectivity index (χ1n) is 10.6. The standard InChI is InChI=1S/C23H38O5/c1-6-7-8-9-14-27-21(25)12-13-23(16-24)15-19(22(26)28-23)10-11-20(17(2)3)18(4)5/h10,12-13,17-18,20,24H,6-9,11,14-16H2,1-5H3/b13-12+,19-10+/t23-/m1/s1. The number of unbranched alkanes of at least 4 members (excludes halogenated alkanes) is 3. The average Bonchev–Trinajstić information content (AvgIpc) is 2.96. The molecule has 0 amide bonds. The van der Waals surface area contributed by atoms with Gasteiger partial charge in [-0.3, -0.25) is 0 Å².